The fraction of sp³-hybridized carbons (Fsp3) is 0.692. The lowest BCUT2D eigenvalue weighted by atomic mass is 10.4. The highest BCUT2D eigenvalue weighted by Gasteiger charge is 2.27. The summed E-state index contributed by atoms with van der Waals surface area (Å²) in [6.45, 7) is 3.07. The number of hydrogen-bond acceptors (Lipinski definition) is 5. The molecule has 1 heterocycles. The summed E-state index contributed by atoms with van der Waals surface area (Å²) in [4.78, 5) is 10.8. The first-order valence-corrected chi connectivity index (χ1v) is 7.04. The Kier molecular flexibility index (Phi) is 5.36. The van der Waals surface area contributed by atoms with Gasteiger partial charge in [0.15, 0.2) is 0 Å². The molecule has 1 aliphatic carbocycles. The number of nitrogens with one attached hydrogen (secondary N) is 1. The number of ether oxygens (including phenoxy) is 1. The molecule has 0 aromatic carbocycles. The molecular weight excluding hydrogens is 264 g/mol. The zero-order valence-corrected chi connectivity index (χ0v) is 12.3. The summed E-state index contributed by atoms with van der Waals surface area (Å²) in [5.41, 5.74) is 0. The Bertz CT molecular complexity index is 410. The van der Waals surface area contributed by atoms with Crippen molar-refractivity contribution >= 4 is 17.4 Å². The summed E-state index contributed by atoms with van der Waals surface area (Å²) in [6.07, 6.45) is 2.35. The minimum atomic E-state index is 0.507. The summed E-state index contributed by atoms with van der Waals surface area (Å²) in [6, 6.07) is 1.76. The van der Waals surface area contributed by atoms with Gasteiger partial charge >= 0.3 is 0 Å². The molecule has 2 rings (SSSR count). The highest BCUT2D eigenvalue weighted by molar-refractivity contribution is 6.29. The van der Waals surface area contributed by atoms with Crippen molar-refractivity contribution in [1.29, 1.82) is 0 Å². The lowest BCUT2D eigenvalue weighted by Gasteiger charge is -2.11. The van der Waals surface area contributed by atoms with Gasteiger partial charge in [0.1, 0.15) is 16.8 Å². The molecule has 19 heavy (non-hydrogen) atoms. The van der Waals surface area contributed by atoms with E-state index in [0.29, 0.717) is 17.7 Å². The molecule has 0 saturated heterocycles. The lowest BCUT2D eigenvalue weighted by Crippen LogP contribution is -2.20. The quantitative estimate of drug-likeness (QED) is 0.584. The molecule has 1 aromatic heterocycles. The minimum absolute atomic E-state index is 0.507. The van der Waals surface area contributed by atoms with Gasteiger partial charge in [-0.15, -0.1) is 0 Å². The number of aromatic nitrogens is 2. The average Bonchev–Trinajstić information content (AvgIpc) is 3.16. The molecule has 5 nitrogen and oxygen atoms in total. The van der Waals surface area contributed by atoms with Crippen molar-refractivity contribution in [2.24, 2.45) is 0 Å². The van der Waals surface area contributed by atoms with E-state index in [9.17, 15) is 0 Å². The van der Waals surface area contributed by atoms with Crippen LogP contribution in [0, 0.1) is 0 Å². The molecule has 1 N–H and O–H groups in total. The van der Waals surface area contributed by atoms with Crippen molar-refractivity contribution in [3.63, 3.8) is 0 Å². The van der Waals surface area contributed by atoms with Crippen LogP contribution in [0.4, 0.5) is 5.82 Å². The first-order valence-electron chi connectivity index (χ1n) is 6.66. The second kappa shape index (κ2) is 7.03. The number of likely N-dealkylation sites (N-methyl/N-ethyl adjacent to an activating group) is 1. The fourth-order valence-electron chi connectivity index (χ4n) is 1.65. The maximum absolute atomic E-state index is 5.99. The van der Waals surface area contributed by atoms with Crippen LogP contribution < -0.4 is 5.32 Å². The Morgan fingerprint density at radius 2 is 2.16 bits per heavy atom. The number of rotatable bonds is 8. The highest BCUT2D eigenvalue weighted by Crippen LogP contribution is 2.38. The van der Waals surface area contributed by atoms with Gasteiger partial charge in [-0.2, -0.15) is 0 Å². The third-order valence-corrected chi connectivity index (χ3v) is 3.08. The van der Waals surface area contributed by atoms with E-state index in [2.05, 4.69) is 20.2 Å². The van der Waals surface area contributed by atoms with Crippen LogP contribution >= 0.6 is 11.6 Å². The minimum Gasteiger partial charge on any atom is -0.378 e. The molecule has 0 spiro atoms. The number of hydrogen-bond donors (Lipinski definition) is 1. The van der Waals surface area contributed by atoms with Gasteiger partial charge in [0.05, 0.1) is 13.2 Å². The first-order chi connectivity index (χ1) is 9.15. The molecule has 106 valence electrons. The normalized spacial score (nSPS) is 14.9. The molecule has 0 radical (unpaired) electrons. The second-order valence-electron chi connectivity index (χ2n) is 5.05. The molecular formula is C13H21ClN4O. The Morgan fingerprint density at radius 3 is 2.84 bits per heavy atom. The molecule has 1 saturated carbocycles. The lowest BCUT2D eigenvalue weighted by molar-refractivity contribution is 0.126. The predicted molar refractivity (Wildman–Crippen MR) is 76.9 cm³/mol. The van der Waals surface area contributed by atoms with Crippen molar-refractivity contribution in [3.05, 3.63) is 17.0 Å². The molecule has 0 bridgehead atoms. The molecule has 1 aromatic rings. The van der Waals surface area contributed by atoms with Crippen molar-refractivity contribution in [2.45, 2.75) is 18.8 Å². The van der Waals surface area contributed by atoms with Crippen LogP contribution in [0.2, 0.25) is 5.15 Å². The van der Waals surface area contributed by atoms with E-state index in [4.69, 9.17) is 16.3 Å². The van der Waals surface area contributed by atoms with Gasteiger partial charge in [-0.3, -0.25) is 0 Å². The molecule has 1 aliphatic rings. The fourth-order valence-corrected chi connectivity index (χ4v) is 1.84. The molecule has 6 heteroatoms. The van der Waals surface area contributed by atoms with Gasteiger partial charge in [-0.25, -0.2) is 9.97 Å². The third kappa shape index (κ3) is 5.30. The molecule has 0 amide bonds. The van der Waals surface area contributed by atoms with Gasteiger partial charge in [0, 0.05) is 25.1 Å². The van der Waals surface area contributed by atoms with E-state index in [1.807, 2.05) is 14.1 Å². The molecule has 0 atom stereocenters. The van der Waals surface area contributed by atoms with E-state index in [1.54, 1.807) is 6.07 Å². The summed E-state index contributed by atoms with van der Waals surface area (Å²) in [5.74, 6) is 2.16. The molecule has 0 aliphatic heterocycles. The van der Waals surface area contributed by atoms with Crippen LogP contribution in [0.5, 0.6) is 0 Å². The Labute approximate surface area is 119 Å². The monoisotopic (exact) mass is 284 g/mol. The molecule has 1 fully saturated rings. The maximum Gasteiger partial charge on any atom is 0.135 e. The Balaban J connectivity index is 1.70. The average molecular weight is 285 g/mol. The van der Waals surface area contributed by atoms with Gasteiger partial charge in [-0.1, -0.05) is 11.6 Å². The smallest absolute Gasteiger partial charge is 0.135 e. The molecule has 0 unspecified atom stereocenters. The van der Waals surface area contributed by atoms with Crippen LogP contribution in [0.15, 0.2) is 6.07 Å². The zero-order valence-electron chi connectivity index (χ0n) is 11.5. The maximum atomic E-state index is 5.99. The van der Waals surface area contributed by atoms with E-state index >= 15 is 0 Å². The van der Waals surface area contributed by atoms with Gasteiger partial charge in [-0.05, 0) is 26.9 Å². The summed E-state index contributed by atoms with van der Waals surface area (Å²) in [7, 11) is 4.06. The van der Waals surface area contributed by atoms with Gasteiger partial charge in [0.25, 0.3) is 0 Å². The largest absolute Gasteiger partial charge is 0.378 e. The second-order valence-corrected chi connectivity index (χ2v) is 5.44. The number of nitrogens with zero attached hydrogens (tertiary/aromatic N) is 3. The van der Waals surface area contributed by atoms with E-state index in [1.165, 1.54) is 12.8 Å². The van der Waals surface area contributed by atoms with E-state index in [0.717, 1.165) is 31.3 Å². The Morgan fingerprint density at radius 1 is 1.37 bits per heavy atom. The number of halogens is 1. The van der Waals surface area contributed by atoms with Crippen LogP contribution in [-0.2, 0) is 4.74 Å². The van der Waals surface area contributed by atoms with Crippen LogP contribution in [0.1, 0.15) is 24.6 Å². The van der Waals surface area contributed by atoms with E-state index < -0.39 is 0 Å². The van der Waals surface area contributed by atoms with Crippen LogP contribution in [0.25, 0.3) is 0 Å². The van der Waals surface area contributed by atoms with Crippen LogP contribution in [0.3, 0.4) is 0 Å². The Hall–Kier alpha value is -0.910. The third-order valence-electron chi connectivity index (χ3n) is 2.89. The summed E-state index contributed by atoms with van der Waals surface area (Å²) < 4.78 is 5.51. The SMILES string of the molecule is CN(C)CCOCCNc1cc(Cl)nc(C2CC2)n1. The van der Waals surface area contributed by atoms with Crippen molar-refractivity contribution in [1.82, 2.24) is 14.9 Å². The summed E-state index contributed by atoms with van der Waals surface area (Å²) in [5, 5.41) is 3.73. The topological polar surface area (TPSA) is 50.3 Å². The highest BCUT2D eigenvalue weighted by atomic mass is 35.5. The van der Waals surface area contributed by atoms with Crippen molar-refractivity contribution in [2.75, 3.05) is 45.7 Å². The van der Waals surface area contributed by atoms with Gasteiger partial charge in [0.2, 0.25) is 0 Å². The zero-order chi connectivity index (χ0) is 13.7. The van der Waals surface area contributed by atoms with E-state index in [-0.39, 0.29) is 0 Å². The standard InChI is InChI=1S/C13H21ClN4O/c1-18(2)6-8-19-7-5-15-12-9-11(14)16-13(17-12)10-3-4-10/h9-10H,3-8H2,1-2H3,(H,15,16,17). The predicted octanol–water partition coefficient (Wildman–Crippen LogP) is 2.00. The van der Waals surface area contributed by atoms with Crippen LogP contribution in [-0.4, -0.2) is 55.3 Å². The first kappa shape index (κ1) is 14.5. The van der Waals surface area contributed by atoms with Gasteiger partial charge < -0.3 is 15.0 Å². The number of anilines is 1. The summed E-state index contributed by atoms with van der Waals surface area (Å²) >= 11 is 5.99. The van der Waals surface area contributed by atoms with Crippen molar-refractivity contribution < 1.29 is 4.74 Å². The van der Waals surface area contributed by atoms with Crippen molar-refractivity contribution in [3.8, 4) is 0 Å².